The molecule has 5 rings (SSSR count). The third-order valence-corrected chi connectivity index (χ3v) is 7.41. The van der Waals surface area contributed by atoms with Crippen LogP contribution in [0.4, 0.5) is 11.8 Å². The van der Waals surface area contributed by atoms with Crippen LogP contribution in [0.1, 0.15) is 36.1 Å². The lowest BCUT2D eigenvalue weighted by molar-refractivity contribution is 0.0279. The van der Waals surface area contributed by atoms with Gasteiger partial charge in [0.15, 0.2) is 5.82 Å². The number of nitrogens with two attached hydrogens (primary N) is 1. The van der Waals surface area contributed by atoms with Crippen LogP contribution in [0.15, 0.2) is 60.8 Å². The van der Waals surface area contributed by atoms with Crippen LogP contribution in [0.3, 0.4) is 0 Å². The van der Waals surface area contributed by atoms with Gasteiger partial charge in [-0.25, -0.2) is 4.98 Å². The fourth-order valence-corrected chi connectivity index (χ4v) is 4.99. The van der Waals surface area contributed by atoms with Gasteiger partial charge in [0.05, 0.1) is 5.52 Å². The van der Waals surface area contributed by atoms with Gasteiger partial charge in [-0.1, -0.05) is 48.5 Å². The molecule has 0 spiro atoms. The van der Waals surface area contributed by atoms with Crippen molar-refractivity contribution in [3.8, 4) is 0 Å². The highest BCUT2D eigenvalue weighted by atomic mass is 15.3. The summed E-state index contributed by atoms with van der Waals surface area (Å²) in [6.45, 7) is 11.5. The smallest absolute Gasteiger partial charge is 0.222 e. The van der Waals surface area contributed by atoms with Crippen LogP contribution in [0, 0.1) is 6.92 Å². The van der Waals surface area contributed by atoms with Gasteiger partial charge in [0.2, 0.25) is 5.95 Å². The number of aryl methyl sites for hydroxylation is 1. The summed E-state index contributed by atoms with van der Waals surface area (Å²) in [6.07, 6.45) is 2.07. The van der Waals surface area contributed by atoms with E-state index in [0.717, 1.165) is 43.0 Å². The highest BCUT2D eigenvalue weighted by Gasteiger charge is 2.30. The second kappa shape index (κ2) is 10.3. The molecule has 0 aliphatic carbocycles. The third-order valence-electron chi connectivity index (χ3n) is 7.41. The van der Waals surface area contributed by atoms with Crippen molar-refractivity contribution in [1.29, 1.82) is 0 Å². The molecule has 3 N–H and O–H groups in total. The lowest BCUT2D eigenvalue weighted by Gasteiger charge is -2.45. The van der Waals surface area contributed by atoms with Crippen LogP contribution in [0.25, 0.3) is 11.0 Å². The molecular formula is C29H37N7. The Hall–Kier alpha value is -3.42. The molecule has 0 unspecified atom stereocenters. The topological polar surface area (TPSA) is 75.2 Å². The first-order valence-corrected chi connectivity index (χ1v) is 12.8. The monoisotopic (exact) mass is 483 g/mol. The van der Waals surface area contributed by atoms with Crippen molar-refractivity contribution >= 4 is 22.8 Å². The SMILES string of the molecule is Cc1cc(CN2CC(N(C)C(C)C)C2)ccc1Cn1ccc2nc(N)nc(NCc3ccccc3)c21. The lowest BCUT2D eigenvalue weighted by atomic mass is 10.0. The molecule has 0 amide bonds. The summed E-state index contributed by atoms with van der Waals surface area (Å²) in [6, 6.07) is 20.5. The molecule has 1 aliphatic rings. The van der Waals surface area contributed by atoms with Crippen molar-refractivity contribution in [1.82, 2.24) is 24.3 Å². The van der Waals surface area contributed by atoms with Crippen molar-refractivity contribution in [3.05, 3.63) is 83.0 Å². The summed E-state index contributed by atoms with van der Waals surface area (Å²) in [7, 11) is 2.23. The van der Waals surface area contributed by atoms with Gasteiger partial charge >= 0.3 is 0 Å². The van der Waals surface area contributed by atoms with Crippen molar-refractivity contribution < 1.29 is 0 Å². The number of benzene rings is 2. The molecule has 0 atom stereocenters. The summed E-state index contributed by atoms with van der Waals surface area (Å²) < 4.78 is 2.21. The molecule has 4 aromatic rings. The molecular weight excluding hydrogens is 446 g/mol. The number of hydrogen-bond donors (Lipinski definition) is 2. The molecule has 1 fully saturated rings. The van der Waals surface area contributed by atoms with Crippen LogP contribution >= 0.6 is 0 Å². The summed E-state index contributed by atoms with van der Waals surface area (Å²) in [5.41, 5.74) is 13.0. The summed E-state index contributed by atoms with van der Waals surface area (Å²) in [5.74, 6) is 1.04. The number of nitrogens with one attached hydrogen (secondary N) is 1. The number of nitrogens with zero attached hydrogens (tertiary/aromatic N) is 5. The van der Waals surface area contributed by atoms with Gasteiger partial charge in [-0.05, 0) is 56.1 Å². The number of anilines is 2. The number of hydrogen-bond acceptors (Lipinski definition) is 6. The van der Waals surface area contributed by atoms with Gasteiger partial charge in [-0.15, -0.1) is 0 Å². The van der Waals surface area contributed by atoms with E-state index in [-0.39, 0.29) is 5.95 Å². The Labute approximate surface area is 214 Å². The van der Waals surface area contributed by atoms with Gasteiger partial charge in [-0.2, -0.15) is 4.98 Å². The average Bonchev–Trinajstić information content (AvgIpc) is 3.23. The van der Waals surface area contributed by atoms with Crippen molar-refractivity contribution in [2.75, 3.05) is 31.2 Å². The number of likely N-dealkylation sites (N-methyl/N-ethyl adjacent to an activating group) is 1. The Morgan fingerprint density at radius 1 is 1.03 bits per heavy atom. The van der Waals surface area contributed by atoms with Gasteiger partial charge in [0, 0.05) is 51.0 Å². The first-order valence-electron chi connectivity index (χ1n) is 12.8. The maximum Gasteiger partial charge on any atom is 0.222 e. The molecule has 3 heterocycles. The van der Waals surface area contributed by atoms with Crippen LogP contribution in [0.2, 0.25) is 0 Å². The molecule has 7 nitrogen and oxygen atoms in total. The molecule has 1 saturated heterocycles. The van der Waals surface area contributed by atoms with E-state index in [2.05, 4.69) is 94.0 Å². The molecule has 36 heavy (non-hydrogen) atoms. The largest absolute Gasteiger partial charge is 0.368 e. The Kier molecular flexibility index (Phi) is 6.94. The predicted octanol–water partition coefficient (Wildman–Crippen LogP) is 4.51. The zero-order valence-electron chi connectivity index (χ0n) is 21.8. The van der Waals surface area contributed by atoms with E-state index < -0.39 is 0 Å². The Balaban J connectivity index is 1.29. The minimum absolute atomic E-state index is 0.282. The summed E-state index contributed by atoms with van der Waals surface area (Å²) in [5, 5.41) is 3.47. The van der Waals surface area contributed by atoms with Crippen LogP contribution in [0.5, 0.6) is 0 Å². The maximum atomic E-state index is 6.01. The fraction of sp³-hybridized carbons (Fsp3) is 0.379. The minimum Gasteiger partial charge on any atom is -0.368 e. The lowest BCUT2D eigenvalue weighted by Crippen LogP contribution is -2.59. The first kappa shape index (κ1) is 24.3. The minimum atomic E-state index is 0.282. The van der Waals surface area contributed by atoms with Crippen LogP contribution in [-0.2, 0) is 19.6 Å². The normalized spacial score (nSPS) is 14.6. The molecule has 1 aliphatic heterocycles. The quantitative estimate of drug-likeness (QED) is 0.365. The number of aromatic nitrogens is 3. The van der Waals surface area contributed by atoms with E-state index in [4.69, 9.17) is 5.73 Å². The number of rotatable bonds is 9. The standard InChI is InChI=1S/C29H37N7/c1-20(2)34(4)25-18-35(19-25)16-23-10-11-24(21(3)14-23)17-36-13-12-26-27(36)28(33-29(30)32-26)31-15-22-8-6-5-7-9-22/h5-14,20,25H,15-19H2,1-4H3,(H3,30,31,32,33). The molecule has 0 radical (unpaired) electrons. The molecule has 2 aromatic carbocycles. The Bertz CT molecular complexity index is 1320. The second-order valence-corrected chi connectivity index (χ2v) is 10.3. The van der Waals surface area contributed by atoms with Crippen LogP contribution < -0.4 is 11.1 Å². The number of likely N-dealkylation sites (tertiary alicyclic amines) is 1. The van der Waals surface area contributed by atoms with E-state index in [0.29, 0.717) is 18.6 Å². The Morgan fingerprint density at radius 3 is 2.53 bits per heavy atom. The second-order valence-electron chi connectivity index (χ2n) is 10.3. The van der Waals surface area contributed by atoms with Crippen molar-refractivity contribution in [3.63, 3.8) is 0 Å². The highest BCUT2D eigenvalue weighted by Crippen LogP contribution is 2.26. The van der Waals surface area contributed by atoms with E-state index >= 15 is 0 Å². The van der Waals surface area contributed by atoms with E-state index in [1.165, 1.54) is 22.3 Å². The van der Waals surface area contributed by atoms with E-state index in [1.54, 1.807) is 0 Å². The molecule has 2 aromatic heterocycles. The van der Waals surface area contributed by atoms with Gasteiger partial charge in [0.25, 0.3) is 0 Å². The molecule has 7 heteroatoms. The van der Waals surface area contributed by atoms with Gasteiger partial charge < -0.3 is 15.6 Å². The maximum absolute atomic E-state index is 6.01. The average molecular weight is 484 g/mol. The predicted molar refractivity (Wildman–Crippen MR) is 148 cm³/mol. The Morgan fingerprint density at radius 2 is 1.81 bits per heavy atom. The zero-order valence-corrected chi connectivity index (χ0v) is 21.8. The van der Waals surface area contributed by atoms with Crippen molar-refractivity contribution in [2.24, 2.45) is 0 Å². The third kappa shape index (κ3) is 5.22. The molecule has 0 saturated carbocycles. The first-order chi connectivity index (χ1) is 17.4. The molecule has 0 bridgehead atoms. The number of nitrogen functional groups attached to an aromatic ring is 1. The van der Waals surface area contributed by atoms with Crippen LogP contribution in [-0.4, -0.2) is 56.6 Å². The van der Waals surface area contributed by atoms with Gasteiger partial charge in [0.1, 0.15) is 5.52 Å². The number of fused-ring (bicyclic) bond motifs is 1. The van der Waals surface area contributed by atoms with E-state index in [9.17, 15) is 0 Å². The summed E-state index contributed by atoms with van der Waals surface area (Å²) >= 11 is 0. The van der Waals surface area contributed by atoms with E-state index in [1.807, 2.05) is 24.3 Å². The zero-order chi connectivity index (χ0) is 25.2. The van der Waals surface area contributed by atoms with Crippen molar-refractivity contribution in [2.45, 2.75) is 52.5 Å². The highest BCUT2D eigenvalue weighted by molar-refractivity contribution is 5.87. The fourth-order valence-electron chi connectivity index (χ4n) is 4.99. The van der Waals surface area contributed by atoms with Gasteiger partial charge in [-0.3, -0.25) is 9.80 Å². The molecule has 188 valence electrons. The summed E-state index contributed by atoms with van der Waals surface area (Å²) in [4.78, 5) is 14.0.